The number of nitrogens with two attached hydrogens (primary N) is 1. The largest absolute Gasteiger partial charge is 0.490 e. The monoisotopic (exact) mass is 305 g/mol. The quantitative estimate of drug-likeness (QED) is 0.584. The van der Waals surface area contributed by atoms with Crippen LogP contribution in [0.25, 0.3) is 0 Å². The third-order valence-electron chi connectivity index (χ3n) is 2.77. The number of unbranched alkanes of at least 4 members (excludes halogenated alkanes) is 1. The Labute approximate surface area is 126 Å². The van der Waals surface area contributed by atoms with Gasteiger partial charge in [-0.3, -0.25) is 4.68 Å². The van der Waals surface area contributed by atoms with Gasteiger partial charge >= 0.3 is 5.97 Å². The molecule has 0 aliphatic heterocycles. The Morgan fingerprint density at radius 2 is 2.15 bits per heavy atom. The van der Waals surface area contributed by atoms with Gasteiger partial charge in [-0.1, -0.05) is 0 Å². The van der Waals surface area contributed by atoms with Crippen molar-refractivity contribution in [2.75, 3.05) is 19.8 Å². The number of nitrogens with zero attached hydrogens (tertiary/aromatic N) is 2. The predicted octanol–water partition coefficient (Wildman–Crippen LogP) is 1.72. The maximum atomic E-state index is 11.8. The Hall–Kier alpha value is -1.27. The molecular weight excluding hydrogens is 282 g/mol. The molecule has 116 valence electrons. The highest BCUT2D eigenvalue weighted by molar-refractivity contribution is 5.85. The number of aromatic nitrogens is 2. The SMILES string of the molecule is CCOC(=O)C(C)(C)n1cc(OCCCCN)cn1.Cl. The van der Waals surface area contributed by atoms with Crippen LogP contribution in [0.3, 0.4) is 0 Å². The third-order valence-corrected chi connectivity index (χ3v) is 2.77. The van der Waals surface area contributed by atoms with E-state index in [9.17, 15) is 4.79 Å². The van der Waals surface area contributed by atoms with Crippen LogP contribution in [0.1, 0.15) is 33.6 Å². The lowest BCUT2D eigenvalue weighted by molar-refractivity contribution is -0.152. The minimum absolute atomic E-state index is 0. The van der Waals surface area contributed by atoms with Crippen LogP contribution in [0.2, 0.25) is 0 Å². The second-order valence-corrected chi connectivity index (χ2v) is 4.74. The highest BCUT2D eigenvalue weighted by atomic mass is 35.5. The molecule has 0 radical (unpaired) electrons. The Morgan fingerprint density at radius 1 is 1.45 bits per heavy atom. The molecule has 6 nitrogen and oxygen atoms in total. The second kappa shape index (κ2) is 8.81. The molecule has 0 saturated carbocycles. The highest BCUT2D eigenvalue weighted by Gasteiger charge is 2.32. The first kappa shape index (κ1) is 18.7. The summed E-state index contributed by atoms with van der Waals surface area (Å²) >= 11 is 0. The van der Waals surface area contributed by atoms with Crippen molar-refractivity contribution in [1.29, 1.82) is 0 Å². The molecule has 0 amide bonds. The van der Waals surface area contributed by atoms with E-state index in [0.717, 1.165) is 12.8 Å². The number of ether oxygens (including phenoxy) is 2. The van der Waals surface area contributed by atoms with E-state index >= 15 is 0 Å². The van der Waals surface area contributed by atoms with Crippen molar-refractivity contribution in [3.63, 3.8) is 0 Å². The van der Waals surface area contributed by atoms with Crippen molar-refractivity contribution in [2.24, 2.45) is 5.73 Å². The summed E-state index contributed by atoms with van der Waals surface area (Å²) in [6, 6.07) is 0. The van der Waals surface area contributed by atoms with E-state index < -0.39 is 5.54 Å². The number of hydrogen-bond acceptors (Lipinski definition) is 5. The van der Waals surface area contributed by atoms with Crippen molar-refractivity contribution >= 4 is 18.4 Å². The second-order valence-electron chi connectivity index (χ2n) is 4.74. The van der Waals surface area contributed by atoms with E-state index in [2.05, 4.69) is 5.10 Å². The minimum Gasteiger partial charge on any atom is -0.490 e. The van der Waals surface area contributed by atoms with Crippen LogP contribution < -0.4 is 10.5 Å². The van der Waals surface area contributed by atoms with Gasteiger partial charge in [-0.15, -0.1) is 12.4 Å². The van der Waals surface area contributed by atoms with E-state index in [1.54, 1.807) is 37.8 Å². The number of carbonyl (C=O) groups is 1. The third kappa shape index (κ3) is 5.02. The van der Waals surface area contributed by atoms with Gasteiger partial charge in [0.25, 0.3) is 0 Å². The van der Waals surface area contributed by atoms with Crippen molar-refractivity contribution < 1.29 is 14.3 Å². The molecule has 0 aliphatic rings. The molecule has 7 heteroatoms. The van der Waals surface area contributed by atoms with Gasteiger partial charge in [-0.05, 0) is 40.2 Å². The topological polar surface area (TPSA) is 79.4 Å². The molecule has 1 heterocycles. The fourth-order valence-corrected chi connectivity index (χ4v) is 1.52. The van der Waals surface area contributed by atoms with E-state index in [4.69, 9.17) is 15.2 Å². The molecule has 20 heavy (non-hydrogen) atoms. The fraction of sp³-hybridized carbons (Fsp3) is 0.692. The molecule has 1 aromatic heterocycles. The normalized spacial score (nSPS) is 10.8. The lowest BCUT2D eigenvalue weighted by Gasteiger charge is -2.22. The van der Waals surface area contributed by atoms with Crippen LogP contribution in [-0.2, 0) is 15.1 Å². The highest BCUT2D eigenvalue weighted by Crippen LogP contribution is 2.20. The maximum absolute atomic E-state index is 11.8. The van der Waals surface area contributed by atoms with Crippen LogP contribution in [0.15, 0.2) is 12.4 Å². The Bertz CT molecular complexity index is 407. The zero-order valence-electron chi connectivity index (χ0n) is 12.3. The van der Waals surface area contributed by atoms with Crippen molar-refractivity contribution in [1.82, 2.24) is 9.78 Å². The maximum Gasteiger partial charge on any atom is 0.333 e. The number of carbonyl (C=O) groups excluding carboxylic acids is 1. The zero-order valence-corrected chi connectivity index (χ0v) is 13.1. The molecule has 0 bridgehead atoms. The van der Waals surface area contributed by atoms with E-state index in [0.29, 0.717) is 25.5 Å². The first-order valence-corrected chi connectivity index (χ1v) is 6.57. The summed E-state index contributed by atoms with van der Waals surface area (Å²) < 4.78 is 12.1. The van der Waals surface area contributed by atoms with Crippen LogP contribution in [0.4, 0.5) is 0 Å². The van der Waals surface area contributed by atoms with Gasteiger partial charge < -0.3 is 15.2 Å². The van der Waals surface area contributed by atoms with Gasteiger partial charge in [0.05, 0.1) is 25.6 Å². The molecule has 2 N–H and O–H groups in total. The molecule has 0 saturated heterocycles. The molecule has 0 aliphatic carbocycles. The fourth-order valence-electron chi connectivity index (χ4n) is 1.52. The summed E-state index contributed by atoms with van der Waals surface area (Å²) in [7, 11) is 0. The van der Waals surface area contributed by atoms with E-state index in [1.807, 2.05) is 0 Å². The predicted molar refractivity (Wildman–Crippen MR) is 79.2 cm³/mol. The molecule has 0 aromatic carbocycles. The standard InChI is InChI=1S/C13H23N3O3.ClH/c1-4-18-12(17)13(2,3)16-10-11(9-15-16)19-8-6-5-7-14;/h9-10H,4-8,14H2,1-3H3;1H. The number of halogens is 1. The summed E-state index contributed by atoms with van der Waals surface area (Å²) in [6.45, 7) is 6.92. The lowest BCUT2D eigenvalue weighted by Crippen LogP contribution is -2.37. The van der Waals surface area contributed by atoms with Gasteiger partial charge in [0.1, 0.15) is 0 Å². The van der Waals surface area contributed by atoms with Crippen LogP contribution in [-0.4, -0.2) is 35.5 Å². The van der Waals surface area contributed by atoms with Crippen molar-refractivity contribution in [3.8, 4) is 5.75 Å². The molecular formula is C13H24ClN3O3. The van der Waals surface area contributed by atoms with Gasteiger partial charge in [0.2, 0.25) is 0 Å². The number of esters is 1. The van der Waals surface area contributed by atoms with Gasteiger partial charge in [0, 0.05) is 0 Å². The molecule has 0 atom stereocenters. The van der Waals surface area contributed by atoms with Crippen LogP contribution in [0.5, 0.6) is 5.75 Å². The van der Waals surface area contributed by atoms with Gasteiger partial charge in [0.15, 0.2) is 11.3 Å². The number of rotatable bonds is 8. The number of hydrogen-bond donors (Lipinski definition) is 1. The molecule has 1 rings (SSSR count). The summed E-state index contributed by atoms with van der Waals surface area (Å²) in [5.41, 5.74) is 4.57. The summed E-state index contributed by atoms with van der Waals surface area (Å²) in [4.78, 5) is 11.8. The molecule has 0 spiro atoms. The minimum atomic E-state index is -0.838. The van der Waals surface area contributed by atoms with Crippen molar-refractivity contribution in [3.05, 3.63) is 12.4 Å². The van der Waals surface area contributed by atoms with Crippen LogP contribution >= 0.6 is 12.4 Å². The summed E-state index contributed by atoms with van der Waals surface area (Å²) in [5, 5.41) is 4.16. The van der Waals surface area contributed by atoms with E-state index in [1.165, 1.54) is 0 Å². The Balaban J connectivity index is 0.00000361. The summed E-state index contributed by atoms with van der Waals surface area (Å²) in [6.07, 6.45) is 5.15. The van der Waals surface area contributed by atoms with Gasteiger partial charge in [-0.2, -0.15) is 5.10 Å². The molecule has 0 unspecified atom stereocenters. The van der Waals surface area contributed by atoms with E-state index in [-0.39, 0.29) is 18.4 Å². The first-order valence-electron chi connectivity index (χ1n) is 6.57. The summed E-state index contributed by atoms with van der Waals surface area (Å²) in [5.74, 6) is 0.335. The first-order chi connectivity index (χ1) is 9.02. The molecule has 1 aromatic rings. The van der Waals surface area contributed by atoms with Crippen molar-refractivity contribution in [2.45, 2.75) is 39.2 Å². The van der Waals surface area contributed by atoms with Gasteiger partial charge in [-0.25, -0.2) is 4.79 Å². The molecule has 0 fully saturated rings. The van der Waals surface area contributed by atoms with Crippen LogP contribution in [0, 0.1) is 0 Å². The zero-order chi connectivity index (χ0) is 14.3. The smallest absolute Gasteiger partial charge is 0.333 e. The average molecular weight is 306 g/mol. The Kier molecular flexibility index (Phi) is 8.25. The Morgan fingerprint density at radius 3 is 2.75 bits per heavy atom. The average Bonchev–Trinajstić information content (AvgIpc) is 2.84. The lowest BCUT2D eigenvalue weighted by atomic mass is 10.1.